The number of fused-ring (bicyclic) bond motifs is 5. The summed E-state index contributed by atoms with van der Waals surface area (Å²) in [7, 11) is 2.74. The van der Waals surface area contributed by atoms with Crippen LogP contribution in [0, 0.1) is 46.3 Å². The summed E-state index contributed by atoms with van der Waals surface area (Å²) >= 11 is 0. The largest absolute Gasteiger partial charge is 0.494 e. The summed E-state index contributed by atoms with van der Waals surface area (Å²) in [6.45, 7) is 13.2. The number of urea groups is 1. The molecule has 1 aliphatic heterocycles. The van der Waals surface area contributed by atoms with Crippen LogP contribution in [0.15, 0.2) is 41.5 Å². The van der Waals surface area contributed by atoms with Crippen LogP contribution in [0.4, 0.5) is 4.79 Å². The van der Waals surface area contributed by atoms with Crippen molar-refractivity contribution < 1.29 is 28.7 Å². The minimum absolute atomic E-state index is 0.000256. The number of esters is 1. The van der Waals surface area contributed by atoms with Crippen molar-refractivity contribution in [2.75, 3.05) is 20.7 Å². The SMILES string of the molecule is CC(C)CCC[C@@H](C)[C@H]1CC[C@H]2[C@@H]3CC=C4CC(OC(=O)CCCCCCCCCCOc5ccc(C=C6C(=O)N(C)C(=O)N(C)C6=O)cc5)CC[C@]4(C)[C@H]3CC[C@]12C. The summed E-state index contributed by atoms with van der Waals surface area (Å²) in [6.07, 6.45) is 27.7. The van der Waals surface area contributed by atoms with Gasteiger partial charge in [0.2, 0.25) is 0 Å². The van der Waals surface area contributed by atoms with Crippen LogP contribution in [0.2, 0.25) is 0 Å². The smallest absolute Gasteiger partial charge is 0.333 e. The van der Waals surface area contributed by atoms with Gasteiger partial charge in [0, 0.05) is 26.9 Å². The summed E-state index contributed by atoms with van der Waals surface area (Å²) in [5, 5.41) is 0. The fourth-order valence-electron chi connectivity index (χ4n) is 12.4. The Morgan fingerprint density at radius 2 is 1.46 bits per heavy atom. The van der Waals surface area contributed by atoms with Crippen molar-refractivity contribution in [3.05, 3.63) is 47.1 Å². The number of benzene rings is 1. The molecular formula is C51H76N2O6. The van der Waals surface area contributed by atoms with Crippen LogP contribution in [-0.4, -0.2) is 60.4 Å². The maximum absolute atomic E-state index is 12.9. The van der Waals surface area contributed by atoms with Crippen LogP contribution in [0.3, 0.4) is 0 Å². The van der Waals surface area contributed by atoms with Crippen LogP contribution in [0.25, 0.3) is 6.08 Å². The molecule has 1 heterocycles. The number of imide groups is 2. The van der Waals surface area contributed by atoms with Gasteiger partial charge in [-0.25, -0.2) is 4.79 Å². The normalized spacial score (nSPS) is 29.8. The maximum Gasteiger partial charge on any atom is 0.333 e. The Hall–Kier alpha value is -3.42. The lowest BCUT2D eigenvalue weighted by Crippen LogP contribution is -2.52. The van der Waals surface area contributed by atoms with Crippen LogP contribution < -0.4 is 4.74 Å². The third-order valence-electron chi connectivity index (χ3n) is 15.9. The van der Waals surface area contributed by atoms with Crippen molar-refractivity contribution in [3.63, 3.8) is 0 Å². The maximum atomic E-state index is 12.9. The average Bonchev–Trinajstić information content (AvgIpc) is 3.58. The lowest BCUT2D eigenvalue weighted by Gasteiger charge is -2.58. The van der Waals surface area contributed by atoms with E-state index in [1.807, 2.05) is 12.1 Å². The van der Waals surface area contributed by atoms with Crippen molar-refractivity contribution in [1.82, 2.24) is 9.80 Å². The summed E-state index contributed by atoms with van der Waals surface area (Å²) in [6, 6.07) is 6.63. The van der Waals surface area contributed by atoms with Crippen molar-refractivity contribution in [2.24, 2.45) is 46.3 Å². The molecule has 326 valence electrons. The molecule has 59 heavy (non-hydrogen) atoms. The molecule has 0 N–H and O–H groups in total. The zero-order chi connectivity index (χ0) is 42.3. The van der Waals surface area contributed by atoms with E-state index < -0.39 is 17.8 Å². The Kier molecular flexibility index (Phi) is 15.3. The highest BCUT2D eigenvalue weighted by molar-refractivity contribution is 6.30. The van der Waals surface area contributed by atoms with Gasteiger partial charge in [-0.1, -0.05) is 116 Å². The molecule has 1 unspecified atom stereocenters. The zero-order valence-electron chi connectivity index (χ0n) is 37.7. The van der Waals surface area contributed by atoms with Crippen LogP contribution in [-0.2, 0) is 19.1 Å². The van der Waals surface area contributed by atoms with E-state index in [4.69, 9.17) is 9.47 Å². The summed E-state index contributed by atoms with van der Waals surface area (Å²) in [4.78, 5) is 51.7. The Morgan fingerprint density at radius 1 is 0.797 bits per heavy atom. The molecule has 6 rings (SSSR count). The first-order valence-corrected chi connectivity index (χ1v) is 23.7. The molecule has 4 fully saturated rings. The second-order valence-corrected chi connectivity index (χ2v) is 20.2. The molecule has 8 nitrogen and oxygen atoms in total. The molecule has 3 saturated carbocycles. The first-order chi connectivity index (χ1) is 28.2. The molecular weight excluding hydrogens is 737 g/mol. The number of carbonyl (C=O) groups excluding carboxylic acids is 4. The third kappa shape index (κ3) is 10.4. The minimum Gasteiger partial charge on any atom is -0.494 e. The van der Waals surface area contributed by atoms with Crippen LogP contribution in [0.1, 0.15) is 169 Å². The Balaban J connectivity index is 0.816. The van der Waals surface area contributed by atoms with Crippen molar-refractivity contribution in [3.8, 4) is 5.75 Å². The molecule has 0 radical (unpaired) electrons. The highest BCUT2D eigenvalue weighted by atomic mass is 16.5. The number of hydrogen-bond donors (Lipinski definition) is 0. The topological polar surface area (TPSA) is 93.2 Å². The second kappa shape index (κ2) is 20.0. The van der Waals surface area contributed by atoms with Gasteiger partial charge in [-0.2, -0.15) is 0 Å². The summed E-state index contributed by atoms with van der Waals surface area (Å²) < 4.78 is 12.0. The number of barbiturate groups is 1. The van der Waals surface area contributed by atoms with Crippen LogP contribution >= 0.6 is 0 Å². The molecule has 5 aliphatic rings. The monoisotopic (exact) mass is 813 g/mol. The van der Waals surface area contributed by atoms with Gasteiger partial charge in [0.15, 0.2) is 0 Å². The number of nitrogens with zero attached hydrogens (tertiary/aromatic N) is 2. The number of hydrogen-bond acceptors (Lipinski definition) is 6. The Labute approximate surface area is 356 Å². The molecule has 1 aromatic carbocycles. The number of unbranched alkanes of at least 4 members (excludes halogenated alkanes) is 7. The number of likely N-dealkylation sites (N-methyl/N-ethyl adjacent to an activating group) is 2. The predicted octanol–water partition coefficient (Wildman–Crippen LogP) is 12.0. The molecule has 4 amide bonds. The van der Waals surface area contributed by atoms with E-state index in [9.17, 15) is 19.2 Å². The highest BCUT2D eigenvalue weighted by Crippen LogP contribution is 2.67. The number of carbonyl (C=O) groups is 4. The molecule has 8 heteroatoms. The van der Waals surface area contributed by atoms with Gasteiger partial charge in [-0.3, -0.25) is 24.2 Å². The van der Waals surface area contributed by atoms with Crippen molar-refractivity contribution >= 4 is 29.9 Å². The van der Waals surface area contributed by atoms with Gasteiger partial charge in [-0.15, -0.1) is 0 Å². The van der Waals surface area contributed by atoms with E-state index in [1.54, 1.807) is 17.7 Å². The average molecular weight is 813 g/mol. The standard InChI is InChI=1S/C51H76N2O6/c1-35(2)17-16-18-36(3)43-26-27-44-41-25-22-38-34-40(28-30-50(38,4)45(41)29-31-51(43,44)5)59-46(54)19-14-12-10-8-9-11-13-15-32-58-39-23-20-37(21-24-39)33-42-47(55)52(6)49(57)53(7)48(42)56/h20-24,33,35-36,40-41,43-45H,8-19,25-32,34H2,1-7H3/t36-,40?,41+,43-,44+,45+,50+,51-/m1/s1. The number of allylic oxidation sites excluding steroid dienone is 1. The van der Waals surface area contributed by atoms with Gasteiger partial charge < -0.3 is 9.47 Å². The van der Waals surface area contributed by atoms with E-state index in [-0.39, 0.29) is 23.1 Å². The molecule has 4 aliphatic carbocycles. The summed E-state index contributed by atoms with van der Waals surface area (Å²) in [5.41, 5.74) is 3.06. The molecule has 0 aromatic heterocycles. The van der Waals surface area contributed by atoms with Gasteiger partial charge in [0.1, 0.15) is 17.4 Å². The second-order valence-electron chi connectivity index (χ2n) is 20.2. The lowest BCUT2D eigenvalue weighted by molar-refractivity contribution is -0.151. The van der Waals surface area contributed by atoms with Gasteiger partial charge in [0.05, 0.1) is 6.61 Å². The number of rotatable bonds is 19. The molecule has 8 atom stereocenters. The van der Waals surface area contributed by atoms with Gasteiger partial charge in [0.25, 0.3) is 11.8 Å². The minimum atomic E-state index is -0.633. The number of amides is 4. The Morgan fingerprint density at radius 3 is 2.14 bits per heavy atom. The quantitative estimate of drug-likeness (QED) is 0.0454. The number of ether oxygens (including phenoxy) is 2. The van der Waals surface area contributed by atoms with Crippen molar-refractivity contribution in [2.45, 2.75) is 169 Å². The summed E-state index contributed by atoms with van der Waals surface area (Å²) in [5.74, 6) is 4.62. The van der Waals surface area contributed by atoms with Crippen molar-refractivity contribution in [1.29, 1.82) is 0 Å². The predicted molar refractivity (Wildman–Crippen MR) is 235 cm³/mol. The van der Waals surface area contributed by atoms with E-state index in [1.165, 1.54) is 97.2 Å². The molecule has 0 bridgehead atoms. The molecule has 1 saturated heterocycles. The third-order valence-corrected chi connectivity index (χ3v) is 15.9. The molecule has 0 spiro atoms. The first-order valence-electron chi connectivity index (χ1n) is 23.7. The van der Waals surface area contributed by atoms with Crippen LogP contribution in [0.5, 0.6) is 5.75 Å². The first kappa shape index (κ1) is 45.1. The van der Waals surface area contributed by atoms with Gasteiger partial charge in [-0.05, 0) is 128 Å². The van der Waals surface area contributed by atoms with E-state index >= 15 is 0 Å². The van der Waals surface area contributed by atoms with Gasteiger partial charge >= 0.3 is 12.0 Å². The van der Waals surface area contributed by atoms with E-state index in [0.717, 1.165) is 96.0 Å². The lowest BCUT2D eigenvalue weighted by atomic mass is 9.47. The highest BCUT2D eigenvalue weighted by Gasteiger charge is 2.59. The van der Waals surface area contributed by atoms with E-state index in [0.29, 0.717) is 24.0 Å². The fraction of sp³-hybridized carbons (Fsp3) is 0.725. The Bertz CT molecular complexity index is 1670. The molecule has 1 aromatic rings. The van der Waals surface area contributed by atoms with E-state index in [2.05, 4.69) is 40.7 Å². The fourth-order valence-corrected chi connectivity index (χ4v) is 12.4. The zero-order valence-corrected chi connectivity index (χ0v) is 37.7.